The van der Waals surface area contributed by atoms with E-state index in [1.54, 1.807) is 17.0 Å². The van der Waals surface area contributed by atoms with E-state index in [0.717, 1.165) is 35.5 Å². The third-order valence-electron chi connectivity index (χ3n) is 4.94. The second kappa shape index (κ2) is 9.74. The van der Waals surface area contributed by atoms with Gasteiger partial charge in [0.1, 0.15) is 5.82 Å². The number of urea groups is 1. The van der Waals surface area contributed by atoms with Crippen molar-refractivity contribution in [2.75, 3.05) is 13.2 Å². The zero-order valence-corrected chi connectivity index (χ0v) is 18.2. The van der Waals surface area contributed by atoms with Gasteiger partial charge in [-0.1, -0.05) is 43.1 Å². The van der Waals surface area contributed by atoms with Crippen LogP contribution in [-0.4, -0.2) is 39.2 Å². The third kappa shape index (κ3) is 5.59. The second-order valence-corrected chi connectivity index (χ2v) is 8.53. The molecule has 1 atom stereocenters. The van der Waals surface area contributed by atoms with Crippen LogP contribution in [0.25, 0.3) is 0 Å². The molecular formula is C21H26Cl2N4O2. The number of rotatable bonds is 6. The maximum atomic E-state index is 12.9. The molecule has 2 heterocycles. The Morgan fingerprint density at radius 3 is 2.79 bits per heavy atom. The van der Waals surface area contributed by atoms with E-state index < -0.39 is 0 Å². The van der Waals surface area contributed by atoms with E-state index in [1.807, 2.05) is 12.3 Å². The van der Waals surface area contributed by atoms with Gasteiger partial charge < -0.3 is 15.3 Å². The standard InChI is InChI=1S/C21H26Cl2N4O2/c1-13(2)9-20-24-11-15-5-7-27(12-19(15)25-20)21(29)26-18(6-8-28)14-3-4-16(22)17(23)10-14/h3-4,10-11,13,18,28H,5-9,12H2,1-2H3,(H,26,29)/t18-/m1/s1. The number of carbonyl (C=O) groups is 1. The first-order valence-corrected chi connectivity index (χ1v) is 10.6. The predicted octanol–water partition coefficient (Wildman–Crippen LogP) is 4.17. The van der Waals surface area contributed by atoms with Gasteiger partial charge in [0.2, 0.25) is 0 Å². The minimum Gasteiger partial charge on any atom is -0.396 e. The van der Waals surface area contributed by atoms with Crippen LogP contribution in [0.1, 0.15) is 49.0 Å². The first kappa shape index (κ1) is 21.8. The molecule has 0 saturated carbocycles. The van der Waals surface area contributed by atoms with Crippen molar-refractivity contribution in [1.82, 2.24) is 20.2 Å². The molecule has 2 aromatic rings. The lowest BCUT2D eigenvalue weighted by Gasteiger charge is -2.30. The molecule has 29 heavy (non-hydrogen) atoms. The van der Waals surface area contributed by atoms with Crippen LogP contribution in [0.5, 0.6) is 0 Å². The van der Waals surface area contributed by atoms with Crippen molar-refractivity contribution in [2.24, 2.45) is 5.92 Å². The largest absolute Gasteiger partial charge is 0.396 e. The molecule has 0 fully saturated rings. The van der Waals surface area contributed by atoms with E-state index in [-0.39, 0.29) is 18.7 Å². The summed E-state index contributed by atoms with van der Waals surface area (Å²) in [5.41, 5.74) is 2.81. The third-order valence-corrected chi connectivity index (χ3v) is 5.67. The van der Waals surface area contributed by atoms with E-state index in [0.29, 0.717) is 35.5 Å². The number of hydrogen-bond donors (Lipinski definition) is 2. The summed E-state index contributed by atoms with van der Waals surface area (Å²) < 4.78 is 0. The molecule has 1 aliphatic rings. The van der Waals surface area contributed by atoms with Gasteiger partial charge in [-0.2, -0.15) is 0 Å². The Labute approximate surface area is 181 Å². The number of fused-ring (bicyclic) bond motifs is 1. The predicted molar refractivity (Wildman–Crippen MR) is 114 cm³/mol. The highest BCUT2D eigenvalue weighted by molar-refractivity contribution is 6.42. The fourth-order valence-corrected chi connectivity index (χ4v) is 3.71. The van der Waals surface area contributed by atoms with E-state index in [1.165, 1.54) is 0 Å². The van der Waals surface area contributed by atoms with Gasteiger partial charge in [-0.15, -0.1) is 0 Å². The van der Waals surface area contributed by atoms with Gasteiger partial charge in [-0.3, -0.25) is 0 Å². The normalized spacial score (nSPS) is 14.6. The van der Waals surface area contributed by atoms with Crippen molar-refractivity contribution >= 4 is 29.2 Å². The summed E-state index contributed by atoms with van der Waals surface area (Å²) in [6, 6.07) is 4.68. The first-order valence-electron chi connectivity index (χ1n) is 9.82. The summed E-state index contributed by atoms with van der Waals surface area (Å²) in [7, 11) is 0. The number of amides is 2. The molecule has 0 spiro atoms. The maximum Gasteiger partial charge on any atom is 0.318 e. The van der Waals surface area contributed by atoms with Crippen molar-refractivity contribution in [1.29, 1.82) is 0 Å². The fraction of sp³-hybridized carbons (Fsp3) is 0.476. The summed E-state index contributed by atoms with van der Waals surface area (Å²) in [6.45, 7) is 5.25. The summed E-state index contributed by atoms with van der Waals surface area (Å²) in [6.07, 6.45) is 3.81. The van der Waals surface area contributed by atoms with Gasteiger partial charge in [0.05, 0.1) is 28.3 Å². The summed E-state index contributed by atoms with van der Waals surface area (Å²) in [5.74, 6) is 1.29. The van der Waals surface area contributed by atoms with Gasteiger partial charge in [0, 0.05) is 25.8 Å². The summed E-state index contributed by atoms with van der Waals surface area (Å²) in [5, 5.41) is 13.3. The molecular weight excluding hydrogens is 411 g/mol. The lowest BCUT2D eigenvalue weighted by Crippen LogP contribution is -2.44. The number of nitrogens with zero attached hydrogens (tertiary/aromatic N) is 3. The molecule has 1 aliphatic heterocycles. The second-order valence-electron chi connectivity index (χ2n) is 7.72. The quantitative estimate of drug-likeness (QED) is 0.711. The van der Waals surface area contributed by atoms with Gasteiger partial charge in [0.15, 0.2) is 0 Å². The molecule has 0 bridgehead atoms. The molecule has 3 rings (SSSR count). The number of carbonyl (C=O) groups excluding carboxylic acids is 1. The van der Waals surface area contributed by atoms with E-state index in [4.69, 9.17) is 23.2 Å². The van der Waals surface area contributed by atoms with Crippen LogP contribution >= 0.6 is 23.2 Å². The van der Waals surface area contributed by atoms with Crippen LogP contribution in [0, 0.1) is 5.92 Å². The molecule has 2 N–H and O–H groups in total. The zero-order valence-electron chi connectivity index (χ0n) is 16.7. The van der Waals surface area contributed by atoms with Crippen LogP contribution in [0.2, 0.25) is 10.0 Å². The molecule has 0 saturated heterocycles. The van der Waals surface area contributed by atoms with Crippen LogP contribution < -0.4 is 5.32 Å². The molecule has 2 amide bonds. The lowest BCUT2D eigenvalue weighted by atomic mass is 10.0. The van der Waals surface area contributed by atoms with Gasteiger partial charge in [-0.25, -0.2) is 14.8 Å². The zero-order chi connectivity index (χ0) is 21.0. The molecule has 1 aromatic heterocycles. The maximum absolute atomic E-state index is 12.9. The fourth-order valence-electron chi connectivity index (χ4n) is 3.40. The van der Waals surface area contributed by atoms with Crippen LogP contribution in [0.15, 0.2) is 24.4 Å². The lowest BCUT2D eigenvalue weighted by molar-refractivity contribution is 0.183. The number of aliphatic hydroxyl groups is 1. The molecule has 156 valence electrons. The summed E-state index contributed by atoms with van der Waals surface area (Å²) in [4.78, 5) is 23.8. The molecule has 0 unspecified atom stereocenters. The van der Waals surface area contributed by atoms with Crippen molar-refractivity contribution in [3.63, 3.8) is 0 Å². The van der Waals surface area contributed by atoms with Crippen molar-refractivity contribution in [3.05, 3.63) is 57.1 Å². The topological polar surface area (TPSA) is 78.4 Å². The number of halogens is 2. The number of hydrogen-bond acceptors (Lipinski definition) is 4. The SMILES string of the molecule is CC(C)Cc1ncc2c(n1)CN(C(=O)N[C@H](CCO)c1ccc(Cl)c(Cl)c1)CC2. The highest BCUT2D eigenvalue weighted by Crippen LogP contribution is 2.27. The van der Waals surface area contributed by atoms with E-state index in [9.17, 15) is 9.90 Å². The Morgan fingerprint density at radius 2 is 2.10 bits per heavy atom. The molecule has 0 aliphatic carbocycles. The number of aliphatic hydroxyl groups excluding tert-OH is 1. The Bertz CT molecular complexity index is 876. The molecule has 1 aromatic carbocycles. The van der Waals surface area contributed by atoms with Crippen LogP contribution in [-0.2, 0) is 19.4 Å². The highest BCUT2D eigenvalue weighted by atomic mass is 35.5. The Morgan fingerprint density at radius 1 is 1.31 bits per heavy atom. The Hall–Kier alpha value is -1.89. The average molecular weight is 437 g/mol. The summed E-state index contributed by atoms with van der Waals surface area (Å²) >= 11 is 12.1. The molecule has 8 heteroatoms. The highest BCUT2D eigenvalue weighted by Gasteiger charge is 2.25. The number of aromatic nitrogens is 2. The van der Waals surface area contributed by atoms with Crippen molar-refractivity contribution in [3.8, 4) is 0 Å². The van der Waals surface area contributed by atoms with Crippen molar-refractivity contribution in [2.45, 2.75) is 45.7 Å². The van der Waals surface area contributed by atoms with Crippen LogP contribution in [0.4, 0.5) is 4.79 Å². The number of nitrogens with one attached hydrogen (secondary N) is 1. The average Bonchev–Trinajstić information content (AvgIpc) is 2.68. The Balaban J connectivity index is 1.71. The van der Waals surface area contributed by atoms with Gasteiger partial charge in [0.25, 0.3) is 0 Å². The number of benzene rings is 1. The molecule has 6 nitrogen and oxygen atoms in total. The Kier molecular flexibility index (Phi) is 7.33. The van der Waals surface area contributed by atoms with Crippen molar-refractivity contribution < 1.29 is 9.90 Å². The molecule has 0 radical (unpaired) electrons. The van der Waals surface area contributed by atoms with E-state index >= 15 is 0 Å². The minimum atomic E-state index is -0.356. The first-order chi connectivity index (χ1) is 13.9. The minimum absolute atomic E-state index is 0.0557. The van der Waals surface area contributed by atoms with E-state index in [2.05, 4.69) is 29.1 Å². The van der Waals surface area contributed by atoms with Gasteiger partial charge >= 0.3 is 6.03 Å². The van der Waals surface area contributed by atoms with Gasteiger partial charge in [-0.05, 0) is 42.0 Å². The van der Waals surface area contributed by atoms with Crippen LogP contribution in [0.3, 0.4) is 0 Å². The smallest absolute Gasteiger partial charge is 0.318 e. The monoisotopic (exact) mass is 436 g/mol.